The summed E-state index contributed by atoms with van der Waals surface area (Å²) in [6.45, 7) is 27.2. The first kappa shape index (κ1) is 90.7. The van der Waals surface area contributed by atoms with Crippen LogP contribution in [-0.4, -0.2) is 163 Å². The average molecular weight is 1520 g/mol. The highest BCUT2D eigenvalue weighted by Gasteiger charge is 2.31. The Morgan fingerprint density at radius 3 is 0.954 bits per heavy atom. The normalized spacial score (nSPS) is 12.4. The lowest BCUT2D eigenvalue weighted by Gasteiger charge is -2.21. The van der Waals surface area contributed by atoms with Crippen LogP contribution in [0.1, 0.15) is 185 Å². The van der Waals surface area contributed by atoms with Crippen LogP contribution in [0.4, 0.5) is 0 Å². The fourth-order valence-electron chi connectivity index (χ4n) is 12.1. The van der Waals surface area contributed by atoms with E-state index in [4.69, 9.17) is 45.6 Å². The van der Waals surface area contributed by atoms with Crippen molar-refractivity contribution in [1.82, 2.24) is 61.2 Å². The first-order valence-corrected chi connectivity index (χ1v) is 37.2. The number of benzene rings is 3. The molecule has 9 amide bonds. The van der Waals surface area contributed by atoms with Crippen LogP contribution >= 0.6 is 0 Å². The Labute approximate surface area is 641 Å². The first-order valence-electron chi connectivity index (χ1n) is 37.2. The summed E-state index contributed by atoms with van der Waals surface area (Å²) in [5.41, 5.74) is 20.3. The van der Waals surface area contributed by atoms with E-state index in [0.29, 0.717) is 107 Å². The van der Waals surface area contributed by atoms with Crippen molar-refractivity contribution in [3.05, 3.63) is 89.9 Å². The molecule has 0 aliphatic rings. The molecule has 6 rings (SSSR count). The van der Waals surface area contributed by atoms with Gasteiger partial charge < -0.3 is 77.5 Å². The van der Waals surface area contributed by atoms with Crippen LogP contribution in [0.3, 0.4) is 0 Å². The summed E-state index contributed by atoms with van der Waals surface area (Å²) in [4.78, 5) is 110. The highest BCUT2D eigenvalue weighted by molar-refractivity contribution is 5.97. The molecule has 0 aliphatic carbocycles. The molecule has 12 N–H and O–H groups in total. The molecule has 0 bridgehead atoms. The molecule has 3 heterocycles. The van der Waals surface area contributed by atoms with E-state index in [2.05, 4.69) is 88.7 Å². The van der Waals surface area contributed by atoms with Crippen LogP contribution in [-0.2, 0) is 41.9 Å². The van der Waals surface area contributed by atoms with E-state index in [9.17, 15) is 43.2 Å². The van der Waals surface area contributed by atoms with E-state index >= 15 is 0 Å². The smallest absolute Gasteiger partial charge is 0.272 e. The number of aromatic nitrogens is 6. The minimum atomic E-state index is -0.628. The van der Waals surface area contributed by atoms with Gasteiger partial charge in [-0.25, -0.2) is 0 Å². The summed E-state index contributed by atoms with van der Waals surface area (Å²) in [5.74, 6) is 1.14. The zero-order valence-corrected chi connectivity index (χ0v) is 67.1. The number of hydrogen-bond acceptors (Lipinski definition) is 18. The van der Waals surface area contributed by atoms with Crippen LogP contribution in [0, 0.1) is 35.5 Å². The van der Waals surface area contributed by atoms with Crippen molar-refractivity contribution >= 4 is 53.2 Å². The zero-order valence-electron chi connectivity index (χ0n) is 67.1. The van der Waals surface area contributed by atoms with Gasteiger partial charge in [0.1, 0.15) is 34.5 Å². The lowest BCUT2D eigenvalue weighted by atomic mass is 10.0. The fraction of sp³-hybridized carbons (Fsp3) is 0.544. The molecule has 0 fully saturated rings. The van der Waals surface area contributed by atoms with Crippen LogP contribution in [0.25, 0.3) is 33.8 Å². The van der Waals surface area contributed by atoms with Gasteiger partial charge in [-0.05, 0) is 116 Å². The standard InChI is InChI=1S/C27H41N5O5.2C26H39N5O5/c1-7-18(8-2)16-32-21(26-22(36-5)10-9-11-23(26)37-6)14-20(31-32)27(35)30-19(12-17(3)4)13-25(34)29-15-24(28)33;1-15(2)11-18(12-24(33)28-14-23(27)32)29-26(34)19-13-20(31(30-19)17(5)16(3)4)25-21(35-6)9-8-10-22(25)36-7;1-7-17(4)15-31-20(25-21(35-5)9-8-10-22(25)36-6)13-19(30-31)26(34)29-18(11-16(2)3)12-24(33)28-14-23(27)32/h9-11,14,17-19H,7-8,12-13,15-16H2,1-6H3,(H2,28,33)(H,29,34)(H,30,35);8-10,13,15-18H,11-12,14H2,1-7H3,(H2,27,32)(H,28,33)(H,29,34);8-10,13,16-18H,7,11-12,14-15H2,1-6H3,(H2,27,32)(H,28,33)(H,29,34)/t19-;2*17?,18-/m000/s1. The van der Waals surface area contributed by atoms with E-state index in [1.807, 2.05) is 112 Å². The average Bonchev–Trinajstić information content (AvgIpc) is 1.71. The number of ether oxygens (including phenoxy) is 6. The Hall–Kier alpha value is -10.7. The number of methoxy groups -OCH3 is 6. The molecule has 30 nitrogen and oxygen atoms in total. The Morgan fingerprint density at radius 1 is 0.404 bits per heavy atom. The first-order chi connectivity index (χ1) is 51.7. The van der Waals surface area contributed by atoms with Crippen molar-refractivity contribution in [3.63, 3.8) is 0 Å². The molecule has 0 saturated carbocycles. The number of carbonyl (C=O) groups excluding carboxylic acids is 9. The van der Waals surface area contributed by atoms with Gasteiger partial charge in [-0.3, -0.25) is 57.2 Å². The Balaban J connectivity index is 0.000000345. The summed E-state index contributed by atoms with van der Waals surface area (Å²) < 4.78 is 39.1. The summed E-state index contributed by atoms with van der Waals surface area (Å²) in [5, 5.41) is 30.2. The Kier molecular flexibility index (Phi) is 37.6. The maximum atomic E-state index is 13.4. The Bertz CT molecular complexity index is 3900. The lowest BCUT2D eigenvalue weighted by molar-refractivity contribution is -0.125. The molecule has 109 heavy (non-hydrogen) atoms. The second-order valence-electron chi connectivity index (χ2n) is 28.6. The summed E-state index contributed by atoms with van der Waals surface area (Å²) in [6.07, 6.45) is 4.69. The van der Waals surface area contributed by atoms with Gasteiger partial charge >= 0.3 is 0 Å². The minimum Gasteiger partial charge on any atom is -0.496 e. The van der Waals surface area contributed by atoms with Crippen LogP contribution in [0.15, 0.2) is 72.8 Å². The minimum absolute atomic E-state index is 0.0213. The number of amides is 9. The van der Waals surface area contributed by atoms with Crippen LogP contribution in [0.5, 0.6) is 34.5 Å². The van der Waals surface area contributed by atoms with E-state index in [1.165, 1.54) is 0 Å². The van der Waals surface area contributed by atoms with Gasteiger partial charge in [0.05, 0.1) is 102 Å². The summed E-state index contributed by atoms with van der Waals surface area (Å²) in [6, 6.07) is 20.4. The molecule has 0 spiro atoms. The molecule has 2 unspecified atom stereocenters. The molecule has 0 radical (unpaired) electrons. The number of hydrogen-bond donors (Lipinski definition) is 9. The SMILES string of the molecule is CCC(C)Cn1nc(C(=O)N[C@H](CC(=O)NCC(N)=O)CC(C)C)cc1-c1c(OC)cccc1OC.CCC(CC)Cn1nc(C(=O)N[C@H](CC(=O)NCC(N)=O)CC(C)C)cc1-c1c(OC)cccc1OC.COc1cccc(OC)c1-c1cc(C(=O)N[C@H](CC(=O)NCC(N)=O)CC(C)C)nn1C(C)C(C)C. The number of primary amides is 3. The molecule has 0 aliphatic heterocycles. The van der Waals surface area contributed by atoms with Crippen molar-refractivity contribution in [2.75, 3.05) is 62.3 Å². The number of nitrogens with one attached hydrogen (secondary N) is 6. The maximum absolute atomic E-state index is 13.4. The van der Waals surface area contributed by atoms with Crippen LogP contribution < -0.4 is 77.5 Å². The van der Waals surface area contributed by atoms with Crippen molar-refractivity contribution in [1.29, 1.82) is 0 Å². The van der Waals surface area contributed by atoms with E-state index in [-0.39, 0.29) is 115 Å². The predicted molar refractivity (Wildman–Crippen MR) is 418 cm³/mol. The van der Waals surface area contributed by atoms with Crippen LogP contribution in [0.2, 0.25) is 0 Å². The topological polar surface area (TPSA) is 413 Å². The van der Waals surface area contributed by atoms with Gasteiger partial charge in [-0.1, -0.05) is 121 Å². The van der Waals surface area contributed by atoms with Gasteiger partial charge in [-0.2, -0.15) is 15.3 Å². The maximum Gasteiger partial charge on any atom is 0.272 e. The van der Waals surface area contributed by atoms with Crippen molar-refractivity contribution < 1.29 is 71.6 Å². The molecule has 6 aromatic rings. The van der Waals surface area contributed by atoms with E-state index in [0.717, 1.165) is 24.8 Å². The van der Waals surface area contributed by atoms with Crippen molar-refractivity contribution in [3.8, 4) is 68.3 Å². The molecule has 3 aromatic carbocycles. The number of carbonyl (C=O) groups is 9. The predicted octanol–water partition coefficient (Wildman–Crippen LogP) is 8.81. The zero-order chi connectivity index (χ0) is 81.4. The van der Waals surface area contributed by atoms with Gasteiger partial charge in [0.25, 0.3) is 17.7 Å². The summed E-state index contributed by atoms with van der Waals surface area (Å²) in [7, 11) is 9.51. The monoisotopic (exact) mass is 1520 g/mol. The van der Waals surface area contributed by atoms with E-state index < -0.39 is 41.8 Å². The summed E-state index contributed by atoms with van der Waals surface area (Å²) >= 11 is 0. The second kappa shape index (κ2) is 45.2. The third kappa shape index (κ3) is 28.4. The molecule has 30 heteroatoms. The number of rotatable bonds is 42. The largest absolute Gasteiger partial charge is 0.496 e. The Morgan fingerprint density at radius 2 is 0.688 bits per heavy atom. The van der Waals surface area contributed by atoms with Crippen molar-refractivity contribution in [2.45, 2.75) is 185 Å². The fourth-order valence-corrected chi connectivity index (χ4v) is 12.1. The third-order valence-electron chi connectivity index (χ3n) is 18.1. The molecular weight excluding hydrogens is 1400 g/mol. The quantitative estimate of drug-likeness (QED) is 0.0173. The van der Waals surface area contributed by atoms with Gasteiger partial charge in [-0.15, -0.1) is 0 Å². The highest BCUT2D eigenvalue weighted by Crippen LogP contribution is 2.43. The van der Waals surface area contributed by atoms with Gasteiger partial charge in [0, 0.05) is 50.5 Å². The second-order valence-corrected chi connectivity index (χ2v) is 28.6. The number of nitrogens with two attached hydrogens (primary N) is 3. The van der Waals surface area contributed by atoms with E-state index in [1.54, 1.807) is 65.5 Å². The third-order valence-corrected chi connectivity index (χ3v) is 18.1. The molecule has 3 aromatic heterocycles. The number of nitrogens with zero attached hydrogens (tertiary/aromatic N) is 6. The molecule has 5 atom stereocenters. The molecule has 0 saturated heterocycles. The van der Waals surface area contributed by atoms with Gasteiger partial charge in [0.15, 0.2) is 17.1 Å². The lowest BCUT2D eigenvalue weighted by Crippen LogP contribution is -2.41. The highest BCUT2D eigenvalue weighted by atomic mass is 16.5. The van der Waals surface area contributed by atoms with Crippen molar-refractivity contribution in [2.24, 2.45) is 52.7 Å². The molecular formula is C79H119N15O15. The van der Waals surface area contributed by atoms with Gasteiger partial charge in [0.2, 0.25) is 35.4 Å². The molecule has 600 valence electrons.